The molecule has 2 aromatic rings. The molecule has 0 spiro atoms. The molecule has 0 N–H and O–H groups in total. The molecule has 0 bridgehead atoms. The number of fused-ring (bicyclic) bond motifs is 3. The Balaban J connectivity index is 2.30. The Hall–Kier alpha value is -2.62. The van der Waals surface area contributed by atoms with Crippen LogP contribution in [0.2, 0.25) is 0 Å². The number of anilines is 1. The van der Waals surface area contributed by atoms with Gasteiger partial charge in [-0.05, 0) is 25.3 Å². The van der Waals surface area contributed by atoms with E-state index in [9.17, 15) is 9.59 Å². The smallest absolute Gasteiger partial charge is 0.345 e. The number of hydrogen-bond donors (Lipinski definition) is 0. The Morgan fingerprint density at radius 3 is 2.57 bits per heavy atom. The number of carbonyl (C=O) groups excluding carboxylic acids is 2. The topological polar surface area (TPSA) is 46.6 Å². The van der Waals surface area contributed by atoms with Crippen LogP contribution in [0.1, 0.15) is 20.3 Å². The maximum Gasteiger partial charge on any atom is 0.345 e. The molecule has 1 heterocycles. The molecule has 0 radical (unpaired) electrons. The first-order chi connectivity index (χ1) is 10.9. The highest BCUT2D eigenvalue weighted by Crippen LogP contribution is 2.44. The minimum absolute atomic E-state index is 0.236. The van der Waals surface area contributed by atoms with E-state index in [1.54, 1.807) is 18.0 Å². The Bertz CT molecular complexity index is 840. The van der Waals surface area contributed by atoms with Crippen molar-refractivity contribution >= 4 is 28.2 Å². The van der Waals surface area contributed by atoms with E-state index in [1.165, 1.54) is 6.92 Å². The SMILES string of the molecule is C=C(C)C[C@@]1(C(C)=O)C(=O)Oc2ccc3ccccc3c2N1C. The van der Waals surface area contributed by atoms with Crippen molar-refractivity contribution in [3.05, 3.63) is 48.6 Å². The number of hydrogen-bond acceptors (Lipinski definition) is 4. The van der Waals surface area contributed by atoms with Crippen LogP contribution < -0.4 is 9.64 Å². The summed E-state index contributed by atoms with van der Waals surface area (Å²) < 4.78 is 5.55. The number of likely N-dealkylation sites (N-methyl/N-ethyl adjacent to an activating group) is 1. The highest BCUT2D eigenvalue weighted by molar-refractivity contribution is 6.15. The number of ketones is 1. The molecule has 4 nitrogen and oxygen atoms in total. The number of Topliss-reactive ketones (excluding diaryl/α,β-unsaturated/α-hetero) is 1. The zero-order chi connectivity index (χ0) is 16.8. The standard InChI is InChI=1S/C19H19NO3/c1-12(2)11-19(13(3)21)18(22)23-16-10-9-14-7-5-6-8-15(14)17(16)20(19)4/h5-10H,1,11H2,2-4H3/t19-/m1/s1. The average Bonchev–Trinajstić information content (AvgIpc) is 2.50. The van der Waals surface area contributed by atoms with Gasteiger partial charge in [0, 0.05) is 18.9 Å². The maximum absolute atomic E-state index is 12.7. The monoisotopic (exact) mass is 309 g/mol. The lowest BCUT2D eigenvalue weighted by atomic mass is 9.84. The number of esters is 1. The van der Waals surface area contributed by atoms with Gasteiger partial charge in [0.1, 0.15) is 0 Å². The molecule has 3 rings (SSSR count). The van der Waals surface area contributed by atoms with Crippen LogP contribution in [0.3, 0.4) is 0 Å². The van der Waals surface area contributed by atoms with E-state index in [4.69, 9.17) is 4.74 Å². The summed E-state index contributed by atoms with van der Waals surface area (Å²) in [5, 5.41) is 1.98. The van der Waals surface area contributed by atoms with E-state index in [0.717, 1.165) is 22.0 Å². The molecule has 0 unspecified atom stereocenters. The molecule has 0 amide bonds. The molecule has 4 heteroatoms. The molecule has 1 atom stereocenters. The minimum Gasteiger partial charge on any atom is -0.422 e. The fraction of sp³-hybridized carbons (Fsp3) is 0.263. The van der Waals surface area contributed by atoms with Crippen molar-refractivity contribution < 1.29 is 14.3 Å². The number of benzene rings is 2. The molecule has 0 aromatic heterocycles. The molecule has 1 aliphatic rings. The van der Waals surface area contributed by atoms with Crippen molar-refractivity contribution in [2.24, 2.45) is 0 Å². The normalized spacial score (nSPS) is 20.1. The van der Waals surface area contributed by atoms with Gasteiger partial charge in [0.25, 0.3) is 0 Å². The van der Waals surface area contributed by atoms with Crippen LogP contribution in [0.4, 0.5) is 5.69 Å². The average molecular weight is 309 g/mol. The van der Waals surface area contributed by atoms with Gasteiger partial charge in [-0.3, -0.25) is 4.79 Å². The molecular weight excluding hydrogens is 290 g/mol. The lowest BCUT2D eigenvalue weighted by Gasteiger charge is -2.43. The van der Waals surface area contributed by atoms with Crippen molar-refractivity contribution in [3.63, 3.8) is 0 Å². The number of carbonyl (C=O) groups is 2. The van der Waals surface area contributed by atoms with Crippen LogP contribution in [-0.2, 0) is 9.59 Å². The fourth-order valence-electron chi connectivity index (χ4n) is 3.31. The van der Waals surface area contributed by atoms with Gasteiger partial charge < -0.3 is 9.64 Å². The molecule has 1 aliphatic heterocycles. The summed E-state index contributed by atoms with van der Waals surface area (Å²) in [6.07, 6.45) is 0.236. The van der Waals surface area contributed by atoms with E-state index in [0.29, 0.717) is 5.75 Å². The van der Waals surface area contributed by atoms with Crippen molar-refractivity contribution in [2.75, 3.05) is 11.9 Å². The minimum atomic E-state index is -1.36. The fourth-order valence-corrected chi connectivity index (χ4v) is 3.31. The summed E-state index contributed by atoms with van der Waals surface area (Å²) in [5.41, 5.74) is 0.162. The third-order valence-electron chi connectivity index (χ3n) is 4.45. The van der Waals surface area contributed by atoms with E-state index < -0.39 is 11.5 Å². The lowest BCUT2D eigenvalue weighted by molar-refractivity contribution is -0.146. The maximum atomic E-state index is 12.7. The summed E-state index contributed by atoms with van der Waals surface area (Å²) in [7, 11) is 1.77. The van der Waals surface area contributed by atoms with Gasteiger partial charge >= 0.3 is 5.97 Å². The van der Waals surface area contributed by atoms with Crippen molar-refractivity contribution in [1.29, 1.82) is 0 Å². The number of ether oxygens (including phenoxy) is 1. The largest absolute Gasteiger partial charge is 0.422 e. The zero-order valence-corrected chi connectivity index (χ0v) is 13.6. The summed E-state index contributed by atoms with van der Waals surface area (Å²) in [4.78, 5) is 26.9. The molecule has 118 valence electrons. The van der Waals surface area contributed by atoms with E-state index in [2.05, 4.69) is 6.58 Å². The first-order valence-corrected chi connectivity index (χ1v) is 7.51. The van der Waals surface area contributed by atoms with Crippen LogP contribution in [0.5, 0.6) is 5.75 Å². The van der Waals surface area contributed by atoms with Gasteiger partial charge in [-0.1, -0.05) is 35.9 Å². The highest BCUT2D eigenvalue weighted by atomic mass is 16.5. The van der Waals surface area contributed by atoms with Gasteiger partial charge in [-0.2, -0.15) is 0 Å². The Morgan fingerprint density at radius 2 is 1.91 bits per heavy atom. The van der Waals surface area contributed by atoms with Gasteiger partial charge in [-0.15, -0.1) is 6.58 Å². The third kappa shape index (κ3) is 2.13. The lowest BCUT2D eigenvalue weighted by Crippen LogP contribution is -2.62. The molecule has 0 saturated carbocycles. The molecule has 2 aromatic carbocycles. The molecular formula is C19H19NO3. The van der Waals surface area contributed by atoms with Crippen LogP contribution in [-0.4, -0.2) is 24.3 Å². The molecule has 23 heavy (non-hydrogen) atoms. The van der Waals surface area contributed by atoms with E-state index in [1.807, 2.05) is 37.3 Å². The Kier molecular flexibility index (Phi) is 3.48. The molecule has 0 aliphatic carbocycles. The summed E-state index contributed by atoms with van der Waals surface area (Å²) in [6.45, 7) is 7.11. The summed E-state index contributed by atoms with van der Waals surface area (Å²) in [5.74, 6) is -0.306. The predicted molar refractivity (Wildman–Crippen MR) is 90.8 cm³/mol. The van der Waals surface area contributed by atoms with Gasteiger partial charge in [0.15, 0.2) is 11.5 Å². The predicted octanol–water partition coefficient (Wildman–Crippen LogP) is 3.49. The second-order valence-corrected chi connectivity index (χ2v) is 6.13. The van der Waals surface area contributed by atoms with Crippen LogP contribution in [0, 0.1) is 0 Å². The van der Waals surface area contributed by atoms with Crippen LogP contribution in [0.25, 0.3) is 10.8 Å². The first-order valence-electron chi connectivity index (χ1n) is 7.51. The number of nitrogens with zero attached hydrogens (tertiary/aromatic N) is 1. The van der Waals surface area contributed by atoms with Crippen molar-refractivity contribution in [3.8, 4) is 5.75 Å². The van der Waals surface area contributed by atoms with Crippen molar-refractivity contribution in [1.82, 2.24) is 0 Å². The van der Waals surface area contributed by atoms with Crippen LogP contribution >= 0.6 is 0 Å². The summed E-state index contributed by atoms with van der Waals surface area (Å²) >= 11 is 0. The second-order valence-electron chi connectivity index (χ2n) is 6.13. The Labute approximate surface area is 135 Å². The molecule has 0 saturated heterocycles. The molecule has 0 fully saturated rings. The number of rotatable bonds is 3. The quantitative estimate of drug-likeness (QED) is 0.377. The van der Waals surface area contributed by atoms with Gasteiger partial charge in [0.05, 0.1) is 5.69 Å². The van der Waals surface area contributed by atoms with Gasteiger partial charge in [0.2, 0.25) is 5.54 Å². The van der Waals surface area contributed by atoms with Crippen LogP contribution in [0.15, 0.2) is 48.6 Å². The zero-order valence-electron chi connectivity index (χ0n) is 13.6. The second kappa shape index (κ2) is 5.23. The third-order valence-corrected chi connectivity index (χ3v) is 4.45. The van der Waals surface area contributed by atoms with Gasteiger partial charge in [-0.25, -0.2) is 4.79 Å². The van der Waals surface area contributed by atoms with E-state index >= 15 is 0 Å². The first kappa shape index (κ1) is 15.3. The van der Waals surface area contributed by atoms with Crippen molar-refractivity contribution in [2.45, 2.75) is 25.8 Å². The summed E-state index contributed by atoms with van der Waals surface area (Å²) in [6, 6.07) is 11.5. The Morgan fingerprint density at radius 1 is 1.22 bits per heavy atom. The highest BCUT2D eigenvalue weighted by Gasteiger charge is 2.52. The van der Waals surface area contributed by atoms with E-state index in [-0.39, 0.29) is 12.2 Å².